The van der Waals surface area contributed by atoms with Gasteiger partial charge in [-0.1, -0.05) is 0 Å². The summed E-state index contributed by atoms with van der Waals surface area (Å²) in [6, 6.07) is 3.99. The number of carbonyl (C=O) groups is 2. The minimum Gasteiger partial charge on any atom is -0.490 e. The van der Waals surface area contributed by atoms with Crippen LogP contribution < -0.4 is 14.8 Å². The second-order valence-electron chi connectivity index (χ2n) is 6.20. The molecule has 0 radical (unpaired) electrons. The lowest BCUT2D eigenvalue weighted by molar-refractivity contribution is -0.145. The van der Waals surface area contributed by atoms with Gasteiger partial charge in [-0.25, -0.2) is 0 Å². The number of ether oxygens (including phenoxy) is 2. The quantitative estimate of drug-likeness (QED) is 0.651. The molecule has 0 spiro atoms. The third kappa shape index (κ3) is 6.25. The Kier molecular flexibility index (Phi) is 7.73. The minimum absolute atomic E-state index is 0.219. The molecule has 2 amide bonds. The summed E-state index contributed by atoms with van der Waals surface area (Å²) in [5, 5.41) is 10.9. The first kappa shape index (κ1) is 22.8. The van der Waals surface area contributed by atoms with Crippen LogP contribution in [0.15, 0.2) is 16.6 Å². The van der Waals surface area contributed by atoms with Crippen molar-refractivity contribution in [2.45, 2.75) is 32.0 Å². The number of nitrogens with zero attached hydrogens (tertiary/aromatic N) is 2. The molecule has 29 heavy (non-hydrogen) atoms. The molecule has 1 atom stereocenters. The summed E-state index contributed by atoms with van der Waals surface area (Å²) in [5.74, 6) is -0.889. The molecule has 1 aliphatic heterocycles. The molecule has 1 aromatic rings. The van der Waals surface area contributed by atoms with Crippen LogP contribution in [0.2, 0.25) is 0 Å². The van der Waals surface area contributed by atoms with Gasteiger partial charge in [0, 0.05) is 12.6 Å². The first-order chi connectivity index (χ1) is 13.7. The van der Waals surface area contributed by atoms with Crippen LogP contribution >= 0.6 is 15.9 Å². The Bertz CT molecular complexity index is 811. The number of alkyl halides is 3. The number of nitriles is 1. The fourth-order valence-electron chi connectivity index (χ4n) is 2.90. The van der Waals surface area contributed by atoms with Crippen molar-refractivity contribution in [2.75, 3.05) is 26.3 Å². The number of benzene rings is 1. The van der Waals surface area contributed by atoms with Gasteiger partial charge in [0.2, 0.25) is 5.91 Å². The van der Waals surface area contributed by atoms with E-state index in [2.05, 4.69) is 15.9 Å². The molecule has 1 unspecified atom stereocenters. The number of hydrogen-bond donors (Lipinski definition) is 1. The molecular weight excluding hydrogens is 459 g/mol. The average Bonchev–Trinajstić information content (AvgIpc) is 3.14. The lowest BCUT2D eigenvalue weighted by Crippen LogP contribution is -2.49. The van der Waals surface area contributed by atoms with Gasteiger partial charge >= 0.3 is 6.18 Å². The van der Waals surface area contributed by atoms with Crippen molar-refractivity contribution in [1.29, 1.82) is 5.26 Å². The van der Waals surface area contributed by atoms with Gasteiger partial charge in [-0.2, -0.15) is 18.4 Å². The maximum absolute atomic E-state index is 12.5. The second kappa shape index (κ2) is 9.82. The standard InChI is InChI=1S/C18H19BrF3N3O4/c1-2-28-14-7-11(8-23)6-12(19)16(14)29-9-15(26)25-5-3-4-13(25)17(27)24-10-18(20,21)22/h6-7,13H,2-5,9-10H2,1H3,(H,24,27). The Balaban J connectivity index is 2.05. The van der Waals surface area contributed by atoms with E-state index in [1.54, 1.807) is 6.92 Å². The number of halogens is 4. The van der Waals surface area contributed by atoms with Crippen LogP contribution in [0.25, 0.3) is 0 Å². The van der Waals surface area contributed by atoms with Crippen LogP contribution in [0.1, 0.15) is 25.3 Å². The summed E-state index contributed by atoms with van der Waals surface area (Å²) >= 11 is 3.26. The molecular formula is C18H19BrF3N3O4. The van der Waals surface area contributed by atoms with Gasteiger partial charge in [0.05, 0.1) is 22.7 Å². The minimum atomic E-state index is -4.52. The first-order valence-electron chi connectivity index (χ1n) is 8.79. The first-order valence-corrected chi connectivity index (χ1v) is 9.58. The summed E-state index contributed by atoms with van der Waals surface area (Å²) in [5.41, 5.74) is 0.333. The van der Waals surface area contributed by atoms with E-state index in [1.807, 2.05) is 11.4 Å². The highest BCUT2D eigenvalue weighted by Gasteiger charge is 2.36. The van der Waals surface area contributed by atoms with Crippen LogP contribution in [-0.4, -0.2) is 55.2 Å². The Labute approximate surface area is 173 Å². The molecule has 0 aliphatic carbocycles. The largest absolute Gasteiger partial charge is 0.490 e. The molecule has 0 bridgehead atoms. The van der Waals surface area contributed by atoms with E-state index in [9.17, 15) is 22.8 Å². The molecule has 2 rings (SSSR count). The summed E-state index contributed by atoms with van der Waals surface area (Å²) in [4.78, 5) is 25.8. The number of rotatable bonds is 7. The van der Waals surface area contributed by atoms with Crippen molar-refractivity contribution >= 4 is 27.7 Å². The zero-order valence-corrected chi connectivity index (χ0v) is 17.1. The Morgan fingerprint density at radius 3 is 2.72 bits per heavy atom. The fraction of sp³-hybridized carbons (Fsp3) is 0.500. The van der Waals surface area contributed by atoms with Gasteiger partial charge in [0.25, 0.3) is 5.91 Å². The molecule has 11 heteroatoms. The fourth-order valence-corrected chi connectivity index (χ4v) is 3.45. The molecule has 7 nitrogen and oxygen atoms in total. The normalized spacial score (nSPS) is 16.3. The molecule has 1 aromatic carbocycles. The highest BCUT2D eigenvalue weighted by molar-refractivity contribution is 9.10. The Morgan fingerprint density at radius 1 is 1.38 bits per heavy atom. The molecule has 0 aromatic heterocycles. The highest BCUT2D eigenvalue weighted by atomic mass is 79.9. The molecule has 1 N–H and O–H groups in total. The molecule has 1 saturated heterocycles. The van der Waals surface area contributed by atoms with E-state index < -0.39 is 37.2 Å². The summed E-state index contributed by atoms with van der Waals surface area (Å²) in [7, 11) is 0. The lowest BCUT2D eigenvalue weighted by Gasteiger charge is -2.24. The van der Waals surface area contributed by atoms with E-state index in [4.69, 9.17) is 14.7 Å². The van der Waals surface area contributed by atoms with Gasteiger partial charge in [-0.05, 0) is 41.8 Å². The SMILES string of the molecule is CCOc1cc(C#N)cc(Br)c1OCC(=O)N1CCCC1C(=O)NCC(F)(F)F. The number of hydrogen-bond acceptors (Lipinski definition) is 5. The van der Waals surface area contributed by atoms with Crippen molar-refractivity contribution in [3.8, 4) is 17.6 Å². The van der Waals surface area contributed by atoms with Crippen LogP contribution in [0.3, 0.4) is 0 Å². The monoisotopic (exact) mass is 477 g/mol. The van der Waals surface area contributed by atoms with Crippen molar-refractivity contribution < 1.29 is 32.2 Å². The number of nitrogens with one attached hydrogen (secondary N) is 1. The van der Waals surface area contributed by atoms with Gasteiger partial charge in [0.15, 0.2) is 18.1 Å². The molecule has 1 aliphatic rings. The van der Waals surface area contributed by atoms with Crippen molar-refractivity contribution in [2.24, 2.45) is 0 Å². The average molecular weight is 478 g/mol. The zero-order valence-electron chi connectivity index (χ0n) is 15.5. The molecule has 158 valence electrons. The smallest absolute Gasteiger partial charge is 0.405 e. The lowest BCUT2D eigenvalue weighted by atomic mass is 10.2. The maximum atomic E-state index is 12.5. The van der Waals surface area contributed by atoms with E-state index >= 15 is 0 Å². The van der Waals surface area contributed by atoms with E-state index in [1.165, 1.54) is 17.0 Å². The van der Waals surface area contributed by atoms with E-state index in [0.29, 0.717) is 23.1 Å². The summed E-state index contributed by atoms with van der Waals surface area (Å²) in [6.45, 7) is 0.416. The van der Waals surface area contributed by atoms with Crippen molar-refractivity contribution in [3.63, 3.8) is 0 Å². The zero-order chi connectivity index (χ0) is 21.6. The van der Waals surface area contributed by atoms with Gasteiger partial charge in [-0.15, -0.1) is 0 Å². The predicted molar refractivity (Wildman–Crippen MR) is 99.3 cm³/mol. The second-order valence-corrected chi connectivity index (χ2v) is 7.05. The van der Waals surface area contributed by atoms with Gasteiger partial charge in [0.1, 0.15) is 12.6 Å². The van der Waals surface area contributed by atoms with Crippen LogP contribution in [0, 0.1) is 11.3 Å². The van der Waals surface area contributed by atoms with Crippen LogP contribution in [-0.2, 0) is 9.59 Å². The molecule has 1 fully saturated rings. The number of carbonyl (C=O) groups excluding carboxylic acids is 2. The number of likely N-dealkylation sites (tertiary alicyclic amines) is 1. The van der Waals surface area contributed by atoms with Crippen molar-refractivity contribution in [1.82, 2.24) is 10.2 Å². The highest BCUT2D eigenvalue weighted by Crippen LogP contribution is 2.37. The predicted octanol–water partition coefficient (Wildman–Crippen LogP) is 2.77. The van der Waals surface area contributed by atoms with Gasteiger partial charge < -0.3 is 19.7 Å². The van der Waals surface area contributed by atoms with E-state index in [0.717, 1.165) is 0 Å². The maximum Gasteiger partial charge on any atom is 0.405 e. The third-order valence-electron chi connectivity index (χ3n) is 4.12. The molecule has 0 saturated carbocycles. The van der Waals surface area contributed by atoms with Crippen molar-refractivity contribution in [3.05, 3.63) is 22.2 Å². The van der Waals surface area contributed by atoms with E-state index in [-0.39, 0.29) is 24.5 Å². The van der Waals surface area contributed by atoms with Gasteiger partial charge in [-0.3, -0.25) is 9.59 Å². The Morgan fingerprint density at radius 2 is 2.10 bits per heavy atom. The van der Waals surface area contributed by atoms with Crippen LogP contribution in [0.4, 0.5) is 13.2 Å². The Hall–Kier alpha value is -2.48. The molecule has 1 heterocycles. The summed E-state index contributed by atoms with van der Waals surface area (Å²) in [6.07, 6.45) is -3.75. The van der Waals surface area contributed by atoms with Crippen LogP contribution in [0.5, 0.6) is 11.5 Å². The number of amides is 2. The third-order valence-corrected chi connectivity index (χ3v) is 4.71. The summed E-state index contributed by atoms with van der Waals surface area (Å²) < 4.78 is 48.3. The topological polar surface area (TPSA) is 91.7 Å².